The summed E-state index contributed by atoms with van der Waals surface area (Å²) in [6.45, 7) is 5.71. The first kappa shape index (κ1) is 13.8. The molecule has 0 N–H and O–H groups in total. The number of carbonyl (C=O) groups is 1. The minimum absolute atomic E-state index is 0.00698. The Morgan fingerprint density at radius 3 is 3.09 bits per heavy atom. The van der Waals surface area contributed by atoms with E-state index >= 15 is 0 Å². The molecular formula is C14H17N5O2S. The predicted octanol–water partition coefficient (Wildman–Crippen LogP) is 1.34. The van der Waals surface area contributed by atoms with Gasteiger partial charge in [-0.25, -0.2) is 9.67 Å². The number of hydrogen-bond acceptors (Lipinski definition) is 6. The van der Waals surface area contributed by atoms with Gasteiger partial charge in [0.2, 0.25) is 0 Å². The van der Waals surface area contributed by atoms with E-state index in [4.69, 9.17) is 4.74 Å². The third-order valence-corrected chi connectivity index (χ3v) is 5.21. The average Bonchev–Trinajstić information content (AvgIpc) is 3.12. The first-order valence-electron chi connectivity index (χ1n) is 7.37. The van der Waals surface area contributed by atoms with Crippen LogP contribution < -0.4 is 0 Å². The summed E-state index contributed by atoms with van der Waals surface area (Å²) in [5.74, 6) is 0.00698. The number of aryl methyl sites for hydroxylation is 2. The number of rotatable bonds is 1. The molecule has 116 valence electrons. The fourth-order valence-corrected chi connectivity index (χ4v) is 4.05. The third kappa shape index (κ3) is 2.14. The molecule has 2 aromatic rings. The second kappa shape index (κ2) is 5.13. The Morgan fingerprint density at radius 1 is 1.45 bits per heavy atom. The van der Waals surface area contributed by atoms with Crippen molar-refractivity contribution in [2.24, 2.45) is 0 Å². The molecule has 1 amide bonds. The van der Waals surface area contributed by atoms with Crippen LogP contribution in [-0.2, 0) is 11.3 Å². The van der Waals surface area contributed by atoms with E-state index in [1.54, 1.807) is 17.5 Å². The van der Waals surface area contributed by atoms with Crippen molar-refractivity contribution in [1.29, 1.82) is 0 Å². The zero-order valence-electron chi connectivity index (χ0n) is 12.5. The lowest BCUT2D eigenvalue weighted by Gasteiger charge is -2.40. The molecule has 0 saturated carbocycles. The molecule has 0 spiro atoms. The highest BCUT2D eigenvalue weighted by Gasteiger charge is 2.38. The molecule has 0 bridgehead atoms. The zero-order chi connectivity index (χ0) is 15.3. The lowest BCUT2D eigenvalue weighted by atomic mass is 10.00. The maximum absolute atomic E-state index is 12.7. The number of thiazole rings is 1. The predicted molar refractivity (Wildman–Crippen MR) is 79.7 cm³/mol. The van der Waals surface area contributed by atoms with E-state index in [2.05, 4.69) is 15.3 Å². The highest BCUT2D eigenvalue weighted by molar-refractivity contribution is 7.11. The quantitative estimate of drug-likeness (QED) is 0.793. The monoisotopic (exact) mass is 319 g/mol. The molecular weight excluding hydrogens is 302 g/mol. The minimum Gasteiger partial charge on any atom is -0.370 e. The van der Waals surface area contributed by atoms with Crippen molar-refractivity contribution in [1.82, 2.24) is 24.9 Å². The second-order valence-corrected chi connectivity index (χ2v) is 7.17. The van der Waals surface area contributed by atoms with Crippen LogP contribution in [0.15, 0.2) is 6.20 Å². The Kier molecular flexibility index (Phi) is 3.23. The van der Waals surface area contributed by atoms with Crippen LogP contribution in [0.1, 0.15) is 38.5 Å². The highest BCUT2D eigenvalue weighted by atomic mass is 32.1. The fourth-order valence-electron chi connectivity index (χ4n) is 3.24. The molecule has 2 aliphatic rings. The van der Waals surface area contributed by atoms with E-state index in [9.17, 15) is 4.79 Å². The molecule has 0 unspecified atom stereocenters. The summed E-state index contributed by atoms with van der Waals surface area (Å²) >= 11 is 1.56. The number of ether oxygens (including phenoxy) is 1. The fraction of sp³-hybridized carbons (Fsp3) is 0.571. The van der Waals surface area contributed by atoms with Crippen LogP contribution in [0.2, 0.25) is 0 Å². The van der Waals surface area contributed by atoms with Gasteiger partial charge in [0.15, 0.2) is 0 Å². The summed E-state index contributed by atoms with van der Waals surface area (Å²) in [5.41, 5.74) is 1.55. The van der Waals surface area contributed by atoms with Crippen LogP contribution in [0.4, 0.5) is 0 Å². The number of amides is 1. The lowest BCUT2D eigenvalue weighted by Crippen LogP contribution is -2.50. The molecule has 8 heteroatoms. The van der Waals surface area contributed by atoms with E-state index in [1.807, 2.05) is 23.4 Å². The van der Waals surface area contributed by atoms with Gasteiger partial charge in [-0.15, -0.1) is 16.4 Å². The van der Waals surface area contributed by atoms with Gasteiger partial charge in [-0.3, -0.25) is 4.79 Å². The summed E-state index contributed by atoms with van der Waals surface area (Å²) in [5, 5.41) is 9.05. The van der Waals surface area contributed by atoms with Crippen molar-refractivity contribution in [2.45, 2.75) is 39.0 Å². The van der Waals surface area contributed by atoms with E-state index in [0.29, 0.717) is 25.4 Å². The largest absolute Gasteiger partial charge is 0.370 e. The normalized spacial score (nSPS) is 24.0. The summed E-state index contributed by atoms with van der Waals surface area (Å²) in [7, 11) is 0. The standard InChI is InChI=1S/C14H17N5O2S/c1-8-13(16-9(2)22-8)14(20)18-4-3-12-11(6-18)19-10(7-21-12)5-15-17-19/h5,11-12H,3-4,6-7H2,1-2H3/t11-,12+/m0/s1. The molecule has 22 heavy (non-hydrogen) atoms. The Bertz CT molecular complexity index is 725. The van der Waals surface area contributed by atoms with Crippen LogP contribution in [0.3, 0.4) is 0 Å². The Balaban J connectivity index is 1.59. The average molecular weight is 319 g/mol. The molecule has 1 saturated heterocycles. The number of hydrogen-bond donors (Lipinski definition) is 0. The Hall–Kier alpha value is -1.80. The van der Waals surface area contributed by atoms with Gasteiger partial charge in [0.1, 0.15) is 5.69 Å². The number of nitrogens with zero attached hydrogens (tertiary/aromatic N) is 5. The first-order valence-corrected chi connectivity index (χ1v) is 8.19. The van der Waals surface area contributed by atoms with E-state index in [-0.39, 0.29) is 18.1 Å². The van der Waals surface area contributed by atoms with Crippen LogP contribution in [0.5, 0.6) is 0 Å². The molecule has 0 aromatic carbocycles. The highest BCUT2D eigenvalue weighted by Crippen LogP contribution is 2.31. The number of likely N-dealkylation sites (tertiary alicyclic amines) is 1. The van der Waals surface area contributed by atoms with Crippen molar-refractivity contribution in [2.75, 3.05) is 13.1 Å². The van der Waals surface area contributed by atoms with Crippen LogP contribution in [-0.4, -0.2) is 50.0 Å². The molecule has 4 heterocycles. The molecule has 0 radical (unpaired) electrons. The summed E-state index contributed by atoms with van der Waals surface area (Å²) in [6.07, 6.45) is 2.65. The van der Waals surface area contributed by atoms with Gasteiger partial charge in [0.05, 0.1) is 35.7 Å². The third-order valence-electron chi connectivity index (χ3n) is 4.32. The smallest absolute Gasteiger partial charge is 0.273 e. The molecule has 7 nitrogen and oxygen atoms in total. The summed E-state index contributed by atoms with van der Waals surface area (Å²) < 4.78 is 7.79. The number of fused-ring (bicyclic) bond motifs is 3. The number of piperidine rings is 1. The summed E-state index contributed by atoms with van der Waals surface area (Å²) in [6, 6.07) is 0.0454. The van der Waals surface area contributed by atoms with Gasteiger partial charge in [-0.05, 0) is 20.3 Å². The maximum Gasteiger partial charge on any atom is 0.273 e. The molecule has 2 atom stereocenters. The summed E-state index contributed by atoms with van der Waals surface area (Å²) in [4.78, 5) is 20.0. The second-order valence-electron chi connectivity index (χ2n) is 5.76. The first-order chi connectivity index (χ1) is 10.6. The van der Waals surface area contributed by atoms with Crippen LogP contribution >= 0.6 is 11.3 Å². The van der Waals surface area contributed by atoms with Gasteiger partial charge < -0.3 is 9.64 Å². The molecule has 4 rings (SSSR count). The number of aromatic nitrogens is 4. The molecule has 0 aliphatic carbocycles. The Labute approximate surface area is 131 Å². The lowest BCUT2D eigenvalue weighted by molar-refractivity contribution is -0.0605. The molecule has 2 aromatic heterocycles. The van der Waals surface area contributed by atoms with Gasteiger partial charge in [0.25, 0.3) is 5.91 Å². The van der Waals surface area contributed by atoms with Gasteiger partial charge in [-0.2, -0.15) is 0 Å². The van der Waals surface area contributed by atoms with Gasteiger partial charge in [-0.1, -0.05) is 5.21 Å². The Morgan fingerprint density at radius 2 is 2.32 bits per heavy atom. The number of carbonyl (C=O) groups excluding carboxylic acids is 1. The SMILES string of the molecule is Cc1nc(C(=O)N2CC[C@H]3OCc4cnnn4[C@H]3C2)c(C)s1. The minimum atomic E-state index is 0.00698. The molecule has 2 aliphatic heterocycles. The van der Waals surface area contributed by atoms with Crippen molar-refractivity contribution >= 4 is 17.2 Å². The van der Waals surface area contributed by atoms with Crippen LogP contribution in [0.25, 0.3) is 0 Å². The topological polar surface area (TPSA) is 73.1 Å². The zero-order valence-corrected chi connectivity index (χ0v) is 13.3. The van der Waals surface area contributed by atoms with Gasteiger partial charge >= 0.3 is 0 Å². The van der Waals surface area contributed by atoms with E-state index < -0.39 is 0 Å². The van der Waals surface area contributed by atoms with Crippen molar-refractivity contribution < 1.29 is 9.53 Å². The maximum atomic E-state index is 12.7. The van der Waals surface area contributed by atoms with Crippen molar-refractivity contribution in [3.8, 4) is 0 Å². The molecule has 1 fully saturated rings. The van der Waals surface area contributed by atoms with Crippen molar-refractivity contribution in [3.05, 3.63) is 27.5 Å². The van der Waals surface area contributed by atoms with Crippen molar-refractivity contribution in [3.63, 3.8) is 0 Å². The van der Waals surface area contributed by atoms with Crippen LogP contribution in [0, 0.1) is 13.8 Å². The van der Waals surface area contributed by atoms with E-state index in [1.165, 1.54) is 0 Å². The van der Waals surface area contributed by atoms with Gasteiger partial charge in [0, 0.05) is 18.0 Å². The van der Waals surface area contributed by atoms with E-state index in [0.717, 1.165) is 22.0 Å².